The summed E-state index contributed by atoms with van der Waals surface area (Å²) in [7, 11) is 0. The van der Waals surface area contributed by atoms with Crippen molar-refractivity contribution in [3.8, 4) is 11.5 Å². The Labute approximate surface area is 161 Å². The minimum Gasteiger partial charge on any atom is -0.454 e. The van der Waals surface area contributed by atoms with Crippen molar-refractivity contribution >= 4 is 5.91 Å². The van der Waals surface area contributed by atoms with Crippen LogP contribution in [-0.4, -0.2) is 42.8 Å². The number of likely N-dealkylation sites (tertiary alicyclic amines) is 1. The summed E-state index contributed by atoms with van der Waals surface area (Å²) in [4.78, 5) is 14.6. The standard InChI is InChI=1S/C21H31N3O3/c1-14-17(15(2)23-22-14)7-9-24-12-21(3,8-6-20(24)25)11-16-4-5-18-19(10-16)27-13-26-18/h4-5,10,14-15,17,22-23H,6-9,11-13H2,1-3H3. The van der Waals surface area contributed by atoms with Crippen molar-refractivity contribution in [3.63, 3.8) is 0 Å². The average molecular weight is 373 g/mol. The molecule has 2 fully saturated rings. The molecule has 0 radical (unpaired) electrons. The van der Waals surface area contributed by atoms with E-state index in [1.165, 1.54) is 5.56 Å². The molecule has 0 aromatic heterocycles. The Morgan fingerprint density at radius 1 is 1.19 bits per heavy atom. The molecule has 2 saturated heterocycles. The molecule has 148 valence electrons. The van der Waals surface area contributed by atoms with Crippen LogP contribution in [0.2, 0.25) is 0 Å². The first-order valence-electron chi connectivity index (χ1n) is 10.1. The van der Waals surface area contributed by atoms with E-state index in [1.54, 1.807) is 0 Å². The molecule has 2 N–H and O–H groups in total. The lowest BCUT2D eigenvalue weighted by Crippen LogP contribution is -2.47. The molecule has 1 amide bonds. The molecule has 4 rings (SSSR count). The summed E-state index contributed by atoms with van der Waals surface area (Å²) in [6.07, 6.45) is 3.57. The second-order valence-corrected chi connectivity index (χ2v) is 8.81. The molecule has 3 aliphatic heterocycles. The van der Waals surface area contributed by atoms with Crippen LogP contribution in [-0.2, 0) is 11.2 Å². The van der Waals surface area contributed by atoms with E-state index in [0.717, 1.165) is 43.9 Å². The van der Waals surface area contributed by atoms with Gasteiger partial charge in [0.2, 0.25) is 12.7 Å². The number of hydrogen-bond donors (Lipinski definition) is 2. The lowest BCUT2D eigenvalue weighted by Gasteiger charge is -2.41. The van der Waals surface area contributed by atoms with E-state index in [9.17, 15) is 4.79 Å². The molecule has 27 heavy (non-hydrogen) atoms. The molecule has 1 aromatic rings. The molecule has 6 nitrogen and oxygen atoms in total. The molecule has 0 spiro atoms. The summed E-state index contributed by atoms with van der Waals surface area (Å²) in [5.74, 6) is 2.52. The van der Waals surface area contributed by atoms with Crippen LogP contribution < -0.4 is 20.3 Å². The molecular weight excluding hydrogens is 342 g/mol. The van der Waals surface area contributed by atoms with Crippen LogP contribution in [0.4, 0.5) is 0 Å². The minimum atomic E-state index is 0.102. The fraction of sp³-hybridized carbons (Fsp3) is 0.667. The van der Waals surface area contributed by atoms with Crippen LogP contribution in [0.25, 0.3) is 0 Å². The number of ether oxygens (including phenoxy) is 2. The molecule has 0 saturated carbocycles. The van der Waals surface area contributed by atoms with Gasteiger partial charge in [0, 0.05) is 31.6 Å². The quantitative estimate of drug-likeness (QED) is 0.830. The van der Waals surface area contributed by atoms with Gasteiger partial charge in [-0.25, -0.2) is 0 Å². The molecule has 3 unspecified atom stereocenters. The number of benzene rings is 1. The van der Waals surface area contributed by atoms with Crippen molar-refractivity contribution < 1.29 is 14.3 Å². The van der Waals surface area contributed by atoms with Gasteiger partial charge in [-0.15, -0.1) is 0 Å². The first-order chi connectivity index (χ1) is 12.9. The second kappa shape index (κ2) is 7.32. The van der Waals surface area contributed by atoms with Crippen molar-refractivity contribution in [2.75, 3.05) is 19.9 Å². The molecule has 3 aliphatic rings. The predicted octanol–water partition coefficient (Wildman–Crippen LogP) is 2.48. The predicted molar refractivity (Wildman–Crippen MR) is 103 cm³/mol. The minimum absolute atomic E-state index is 0.102. The van der Waals surface area contributed by atoms with Crippen molar-refractivity contribution in [2.45, 2.75) is 58.5 Å². The highest BCUT2D eigenvalue weighted by Crippen LogP contribution is 2.38. The average Bonchev–Trinajstić information content (AvgIpc) is 3.22. The van der Waals surface area contributed by atoms with Crippen molar-refractivity contribution in [1.29, 1.82) is 0 Å². The number of rotatable bonds is 5. The Hall–Kier alpha value is -1.79. The number of carbonyl (C=O) groups excluding carboxylic acids is 1. The van der Waals surface area contributed by atoms with Gasteiger partial charge in [-0.1, -0.05) is 13.0 Å². The summed E-state index contributed by atoms with van der Waals surface area (Å²) in [5, 5.41) is 0. The summed E-state index contributed by atoms with van der Waals surface area (Å²) in [6.45, 7) is 8.71. The van der Waals surface area contributed by atoms with Gasteiger partial charge in [-0.3, -0.25) is 15.6 Å². The number of carbonyl (C=O) groups is 1. The fourth-order valence-electron chi connectivity index (χ4n) is 4.80. The van der Waals surface area contributed by atoms with Crippen LogP contribution in [0.5, 0.6) is 11.5 Å². The van der Waals surface area contributed by atoms with E-state index in [-0.39, 0.29) is 5.41 Å². The number of amides is 1. The molecule has 0 bridgehead atoms. The SMILES string of the molecule is CC1NNC(C)C1CCN1CC(C)(Cc2ccc3c(c2)OCO3)CCC1=O. The van der Waals surface area contributed by atoms with Crippen molar-refractivity contribution in [2.24, 2.45) is 11.3 Å². The van der Waals surface area contributed by atoms with Crippen LogP contribution >= 0.6 is 0 Å². The van der Waals surface area contributed by atoms with Crippen LogP contribution in [0.15, 0.2) is 18.2 Å². The molecule has 3 atom stereocenters. The highest BCUT2D eigenvalue weighted by atomic mass is 16.7. The summed E-state index contributed by atoms with van der Waals surface area (Å²) < 4.78 is 10.9. The van der Waals surface area contributed by atoms with Gasteiger partial charge in [0.1, 0.15) is 0 Å². The van der Waals surface area contributed by atoms with Crippen LogP contribution in [0.3, 0.4) is 0 Å². The Morgan fingerprint density at radius 2 is 1.93 bits per heavy atom. The van der Waals surface area contributed by atoms with Gasteiger partial charge in [0.05, 0.1) is 0 Å². The zero-order valence-electron chi connectivity index (χ0n) is 16.6. The Bertz CT molecular complexity index is 700. The molecule has 3 heterocycles. The number of hydrazine groups is 1. The van der Waals surface area contributed by atoms with Gasteiger partial charge in [-0.05, 0) is 62.1 Å². The lowest BCUT2D eigenvalue weighted by molar-refractivity contribution is -0.137. The largest absolute Gasteiger partial charge is 0.454 e. The summed E-state index contributed by atoms with van der Waals surface area (Å²) in [6, 6.07) is 7.10. The summed E-state index contributed by atoms with van der Waals surface area (Å²) >= 11 is 0. The first-order valence-corrected chi connectivity index (χ1v) is 10.1. The number of piperidine rings is 1. The Kier molecular flexibility index (Phi) is 5.03. The van der Waals surface area contributed by atoms with E-state index in [4.69, 9.17) is 9.47 Å². The zero-order chi connectivity index (χ0) is 19.0. The zero-order valence-corrected chi connectivity index (χ0v) is 16.6. The lowest BCUT2D eigenvalue weighted by atomic mass is 9.76. The maximum absolute atomic E-state index is 12.5. The third kappa shape index (κ3) is 3.92. The van der Waals surface area contributed by atoms with E-state index < -0.39 is 0 Å². The van der Waals surface area contributed by atoms with Crippen LogP contribution in [0.1, 0.15) is 45.6 Å². The number of nitrogens with zero attached hydrogens (tertiary/aromatic N) is 1. The topological polar surface area (TPSA) is 62.8 Å². The number of fused-ring (bicyclic) bond motifs is 1. The maximum Gasteiger partial charge on any atom is 0.231 e. The van der Waals surface area contributed by atoms with Crippen LogP contribution in [0, 0.1) is 11.3 Å². The van der Waals surface area contributed by atoms with Gasteiger partial charge >= 0.3 is 0 Å². The van der Waals surface area contributed by atoms with Gasteiger partial charge in [0.25, 0.3) is 0 Å². The molecular formula is C21H31N3O3. The van der Waals surface area contributed by atoms with E-state index in [2.05, 4.69) is 48.7 Å². The molecule has 0 aliphatic carbocycles. The molecule has 6 heteroatoms. The van der Waals surface area contributed by atoms with Crippen molar-refractivity contribution in [3.05, 3.63) is 23.8 Å². The van der Waals surface area contributed by atoms with Gasteiger partial charge in [0.15, 0.2) is 11.5 Å². The normalized spacial score (nSPS) is 32.9. The van der Waals surface area contributed by atoms with Gasteiger partial charge in [-0.2, -0.15) is 0 Å². The highest BCUT2D eigenvalue weighted by Gasteiger charge is 2.36. The van der Waals surface area contributed by atoms with Gasteiger partial charge < -0.3 is 14.4 Å². The Morgan fingerprint density at radius 3 is 2.70 bits per heavy atom. The Balaban J connectivity index is 1.39. The third-order valence-corrected chi connectivity index (χ3v) is 6.49. The number of nitrogens with one attached hydrogen (secondary N) is 2. The second-order valence-electron chi connectivity index (χ2n) is 8.81. The monoisotopic (exact) mass is 373 g/mol. The summed E-state index contributed by atoms with van der Waals surface area (Å²) in [5.41, 5.74) is 7.98. The van der Waals surface area contributed by atoms with Crippen molar-refractivity contribution in [1.82, 2.24) is 15.8 Å². The first kappa shape index (κ1) is 18.6. The fourth-order valence-corrected chi connectivity index (χ4v) is 4.80. The molecule has 1 aromatic carbocycles. The van der Waals surface area contributed by atoms with E-state index >= 15 is 0 Å². The maximum atomic E-state index is 12.5. The van der Waals surface area contributed by atoms with E-state index in [0.29, 0.717) is 37.1 Å². The van der Waals surface area contributed by atoms with E-state index in [1.807, 2.05) is 6.07 Å². The third-order valence-electron chi connectivity index (χ3n) is 6.49. The highest BCUT2D eigenvalue weighted by molar-refractivity contribution is 5.77. The smallest absolute Gasteiger partial charge is 0.231 e. The number of hydrogen-bond acceptors (Lipinski definition) is 5.